The number of allylic oxidation sites excluding steroid dienone is 2. The van der Waals surface area contributed by atoms with Crippen LogP contribution in [0.2, 0.25) is 0 Å². The first-order chi connectivity index (χ1) is 7.29. The topological polar surface area (TPSA) is 9.23 Å². The van der Waals surface area contributed by atoms with E-state index in [1.807, 2.05) is 25.2 Å². The number of rotatable bonds is 5. The van der Waals surface area contributed by atoms with Crippen LogP contribution in [0.5, 0.6) is 5.75 Å². The fraction of sp³-hybridized carbons (Fsp3) is 0.286. The molecule has 0 unspecified atom stereocenters. The fourth-order valence-electron chi connectivity index (χ4n) is 1.46. The Labute approximate surface area is 92.1 Å². The van der Waals surface area contributed by atoms with Gasteiger partial charge in [0.25, 0.3) is 0 Å². The molecule has 0 N–H and O–H groups in total. The Hall–Kier alpha value is -1.50. The second kappa shape index (κ2) is 6.07. The number of hydrogen-bond acceptors (Lipinski definition) is 1. The minimum Gasteiger partial charge on any atom is -0.489 e. The highest BCUT2D eigenvalue weighted by Crippen LogP contribution is 2.24. The van der Waals surface area contributed by atoms with Gasteiger partial charge in [0.05, 0.1) is 0 Å². The third-order valence-corrected chi connectivity index (χ3v) is 2.22. The summed E-state index contributed by atoms with van der Waals surface area (Å²) in [5.74, 6) is 0.996. The van der Waals surface area contributed by atoms with E-state index in [0.717, 1.165) is 12.2 Å². The van der Waals surface area contributed by atoms with Crippen LogP contribution < -0.4 is 4.74 Å². The molecule has 0 aromatic heterocycles. The average molecular weight is 202 g/mol. The van der Waals surface area contributed by atoms with Crippen molar-refractivity contribution in [3.05, 3.63) is 54.1 Å². The molecule has 0 heterocycles. The molecule has 80 valence electrons. The van der Waals surface area contributed by atoms with Gasteiger partial charge in [-0.05, 0) is 31.4 Å². The van der Waals surface area contributed by atoms with Crippen LogP contribution in [0.1, 0.15) is 18.1 Å². The normalized spacial score (nSPS) is 10.5. The molecule has 0 atom stereocenters. The Morgan fingerprint density at radius 3 is 2.87 bits per heavy atom. The summed E-state index contributed by atoms with van der Waals surface area (Å²) >= 11 is 0. The largest absolute Gasteiger partial charge is 0.489 e. The highest BCUT2D eigenvalue weighted by molar-refractivity contribution is 5.41. The Bertz CT molecular complexity index is 350. The van der Waals surface area contributed by atoms with Crippen molar-refractivity contribution in [1.29, 1.82) is 0 Å². The molecule has 0 radical (unpaired) electrons. The summed E-state index contributed by atoms with van der Waals surface area (Å²) in [5.41, 5.74) is 2.38. The number of para-hydroxylation sites is 1. The predicted octanol–water partition coefficient (Wildman–Crippen LogP) is 3.68. The van der Waals surface area contributed by atoms with E-state index in [1.165, 1.54) is 11.1 Å². The smallest absolute Gasteiger partial charge is 0.126 e. The molecule has 0 amide bonds. The molecule has 0 fully saturated rings. The molecule has 0 aliphatic carbocycles. The number of aryl methyl sites for hydroxylation is 1. The monoisotopic (exact) mass is 202 g/mol. The Balaban J connectivity index is 2.86. The molecule has 1 rings (SSSR count). The second-order valence-corrected chi connectivity index (χ2v) is 3.44. The van der Waals surface area contributed by atoms with E-state index in [2.05, 4.69) is 31.7 Å². The molecule has 0 aliphatic rings. The van der Waals surface area contributed by atoms with Crippen LogP contribution in [0.4, 0.5) is 0 Å². The quantitative estimate of drug-likeness (QED) is 0.662. The molecule has 0 saturated heterocycles. The van der Waals surface area contributed by atoms with Crippen molar-refractivity contribution >= 4 is 0 Å². The maximum absolute atomic E-state index is 5.73. The van der Waals surface area contributed by atoms with E-state index in [0.29, 0.717) is 6.61 Å². The van der Waals surface area contributed by atoms with Crippen molar-refractivity contribution in [1.82, 2.24) is 0 Å². The first-order valence-corrected chi connectivity index (χ1v) is 5.23. The Kier molecular flexibility index (Phi) is 4.69. The van der Waals surface area contributed by atoms with Gasteiger partial charge in [0.15, 0.2) is 0 Å². The molecule has 0 saturated carbocycles. The first kappa shape index (κ1) is 11.6. The van der Waals surface area contributed by atoms with Crippen molar-refractivity contribution in [2.75, 3.05) is 6.61 Å². The van der Waals surface area contributed by atoms with Crippen LogP contribution in [0.25, 0.3) is 0 Å². The minimum absolute atomic E-state index is 0.630. The van der Waals surface area contributed by atoms with Crippen molar-refractivity contribution in [2.45, 2.75) is 20.3 Å². The number of benzene rings is 1. The van der Waals surface area contributed by atoms with E-state index in [9.17, 15) is 0 Å². The lowest BCUT2D eigenvalue weighted by molar-refractivity contribution is 0.357. The summed E-state index contributed by atoms with van der Waals surface area (Å²) in [6, 6.07) is 6.20. The van der Waals surface area contributed by atoms with Crippen molar-refractivity contribution in [3.8, 4) is 5.75 Å². The predicted molar refractivity (Wildman–Crippen MR) is 65.4 cm³/mol. The third kappa shape index (κ3) is 3.28. The van der Waals surface area contributed by atoms with Gasteiger partial charge < -0.3 is 4.74 Å². The van der Waals surface area contributed by atoms with Gasteiger partial charge in [-0.3, -0.25) is 0 Å². The lowest BCUT2D eigenvalue weighted by Crippen LogP contribution is -1.99. The molecule has 1 aromatic carbocycles. The van der Waals surface area contributed by atoms with Crippen molar-refractivity contribution in [3.63, 3.8) is 0 Å². The van der Waals surface area contributed by atoms with Crippen LogP contribution >= 0.6 is 0 Å². The summed E-state index contributed by atoms with van der Waals surface area (Å²) < 4.78 is 5.73. The van der Waals surface area contributed by atoms with Crippen LogP contribution in [-0.2, 0) is 6.42 Å². The summed E-state index contributed by atoms with van der Waals surface area (Å²) in [5, 5.41) is 0. The van der Waals surface area contributed by atoms with Crippen LogP contribution in [0, 0.1) is 6.92 Å². The van der Waals surface area contributed by atoms with E-state index < -0.39 is 0 Å². The van der Waals surface area contributed by atoms with Gasteiger partial charge in [-0.25, -0.2) is 0 Å². The second-order valence-electron chi connectivity index (χ2n) is 3.44. The van der Waals surface area contributed by atoms with E-state index in [-0.39, 0.29) is 0 Å². The zero-order valence-corrected chi connectivity index (χ0v) is 9.49. The third-order valence-electron chi connectivity index (χ3n) is 2.22. The van der Waals surface area contributed by atoms with Crippen molar-refractivity contribution in [2.24, 2.45) is 0 Å². The minimum atomic E-state index is 0.630. The number of ether oxygens (including phenoxy) is 1. The molecular formula is C14H18O. The first-order valence-electron chi connectivity index (χ1n) is 5.23. The lowest BCUT2D eigenvalue weighted by Gasteiger charge is -2.11. The highest BCUT2D eigenvalue weighted by atomic mass is 16.5. The number of hydrogen-bond donors (Lipinski definition) is 0. The average Bonchev–Trinajstić information content (AvgIpc) is 2.23. The van der Waals surface area contributed by atoms with Crippen molar-refractivity contribution < 1.29 is 4.74 Å². The lowest BCUT2D eigenvalue weighted by atomic mass is 10.1. The maximum Gasteiger partial charge on any atom is 0.126 e. The van der Waals surface area contributed by atoms with Crippen LogP contribution in [0.15, 0.2) is 43.0 Å². The zero-order chi connectivity index (χ0) is 11.1. The molecule has 0 spiro atoms. The summed E-state index contributed by atoms with van der Waals surface area (Å²) in [6.07, 6.45) is 6.75. The summed E-state index contributed by atoms with van der Waals surface area (Å²) in [7, 11) is 0. The van der Waals surface area contributed by atoms with Gasteiger partial charge in [0, 0.05) is 0 Å². The molecule has 0 bridgehead atoms. The summed E-state index contributed by atoms with van der Waals surface area (Å²) in [6.45, 7) is 8.44. The molecule has 1 aromatic rings. The van der Waals surface area contributed by atoms with E-state index >= 15 is 0 Å². The van der Waals surface area contributed by atoms with Gasteiger partial charge in [-0.15, -0.1) is 6.58 Å². The van der Waals surface area contributed by atoms with E-state index in [1.54, 1.807) is 0 Å². The molecule has 15 heavy (non-hydrogen) atoms. The fourth-order valence-corrected chi connectivity index (χ4v) is 1.46. The molecular weight excluding hydrogens is 184 g/mol. The van der Waals surface area contributed by atoms with E-state index in [4.69, 9.17) is 4.74 Å². The van der Waals surface area contributed by atoms with Crippen LogP contribution in [0.3, 0.4) is 0 Å². The van der Waals surface area contributed by atoms with Gasteiger partial charge >= 0.3 is 0 Å². The molecule has 0 aliphatic heterocycles. The Morgan fingerprint density at radius 2 is 2.20 bits per heavy atom. The van der Waals surface area contributed by atoms with Gasteiger partial charge in [-0.2, -0.15) is 0 Å². The van der Waals surface area contributed by atoms with Gasteiger partial charge in [-0.1, -0.05) is 36.4 Å². The van der Waals surface area contributed by atoms with Gasteiger partial charge in [0.1, 0.15) is 12.4 Å². The molecule has 1 nitrogen and oxygen atoms in total. The van der Waals surface area contributed by atoms with Crippen LogP contribution in [-0.4, -0.2) is 6.61 Å². The van der Waals surface area contributed by atoms with Gasteiger partial charge in [0.2, 0.25) is 0 Å². The zero-order valence-electron chi connectivity index (χ0n) is 9.49. The Morgan fingerprint density at radius 1 is 1.40 bits per heavy atom. The standard InChI is InChI=1S/C14H18O/c1-4-6-11-15-14-12(3)9-7-10-13(14)8-5-2/h4-7,9-10H,2,8,11H2,1,3H3/b6-4+. The highest BCUT2D eigenvalue weighted by Gasteiger charge is 2.04. The summed E-state index contributed by atoms with van der Waals surface area (Å²) in [4.78, 5) is 0. The SMILES string of the molecule is C=CCc1cccc(C)c1OC/C=C/C. The maximum atomic E-state index is 5.73. The molecule has 1 heteroatoms.